The summed E-state index contributed by atoms with van der Waals surface area (Å²) in [7, 11) is 1.39. The number of Topliss-reactive ketones (excluding diaryl/α,β-unsaturated/α-hetero) is 1. The van der Waals surface area contributed by atoms with Crippen molar-refractivity contribution >= 4 is 23.4 Å². The molecule has 17 heavy (non-hydrogen) atoms. The lowest BCUT2D eigenvalue weighted by atomic mass is 10.0. The number of carboxylic acid groups (broad SMARTS) is 1. The van der Waals surface area contributed by atoms with E-state index in [1.165, 1.54) is 19.2 Å². The number of methoxy groups -OCH3 is 1. The van der Waals surface area contributed by atoms with E-state index >= 15 is 0 Å². The van der Waals surface area contributed by atoms with E-state index in [0.29, 0.717) is 24.3 Å². The zero-order chi connectivity index (χ0) is 12.8. The fourth-order valence-electron chi connectivity index (χ4n) is 1.42. The first-order chi connectivity index (χ1) is 8.10. The maximum absolute atomic E-state index is 11.7. The summed E-state index contributed by atoms with van der Waals surface area (Å²) in [6.07, 6.45) is 0.893. The van der Waals surface area contributed by atoms with Gasteiger partial charge in [-0.05, 0) is 24.6 Å². The summed E-state index contributed by atoms with van der Waals surface area (Å²) in [5.74, 6) is -0.579. The topological polar surface area (TPSA) is 63.6 Å². The molecule has 0 fully saturated rings. The number of rotatable bonds is 6. The number of carbonyl (C=O) groups is 2. The summed E-state index contributed by atoms with van der Waals surface area (Å²) in [5.41, 5.74) is 0.359. The lowest BCUT2D eigenvalue weighted by Gasteiger charge is -2.06. The van der Waals surface area contributed by atoms with Crippen molar-refractivity contribution in [2.24, 2.45) is 0 Å². The van der Waals surface area contributed by atoms with Crippen molar-refractivity contribution in [1.82, 2.24) is 0 Å². The molecule has 4 nitrogen and oxygen atoms in total. The Bertz CT molecular complexity index is 429. The number of ketones is 1. The lowest BCUT2D eigenvalue weighted by molar-refractivity contribution is 0.0693. The van der Waals surface area contributed by atoms with Crippen molar-refractivity contribution < 1.29 is 19.4 Å². The average Bonchev–Trinajstić information content (AvgIpc) is 2.34. The van der Waals surface area contributed by atoms with Crippen LogP contribution in [0.15, 0.2) is 18.2 Å². The summed E-state index contributed by atoms with van der Waals surface area (Å²) in [4.78, 5) is 22.6. The second kappa shape index (κ2) is 6.25. The van der Waals surface area contributed by atoms with Gasteiger partial charge < -0.3 is 9.84 Å². The van der Waals surface area contributed by atoms with Gasteiger partial charge in [-0.15, -0.1) is 11.6 Å². The highest BCUT2D eigenvalue weighted by Gasteiger charge is 2.14. The molecule has 92 valence electrons. The number of carboxylic acids is 1. The van der Waals surface area contributed by atoms with E-state index < -0.39 is 5.97 Å². The van der Waals surface area contributed by atoms with Gasteiger partial charge >= 0.3 is 5.97 Å². The van der Waals surface area contributed by atoms with Gasteiger partial charge in [-0.3, -0.25) is 4.79 Å². The predicted molar refractivity (Wildman–Crippen MR) is 64.2 cm³/mol. The summed E-state index contributed by atoms with van der Waals surface area (Å²) >= 11 is 5.50. The molecule has 1 aromatic carbocycles. The highest BCUT2D eigenvalue weighted by atomic mass is 35.5. The first kappa shape index (κ1) is 13.5. The van der Waals surface area contributed by atoms with Gasteiger partial charge in [-0.1, -0.05) is 0 Å². The fourth-order valence-corrected chi connectivity index (χ4v) is 1.55. The number of hydrogen-bond acceptors (Lipinski definition) is 3. The zero-order valence-electron chi connectivity index (χ0n) is 9.40. The van der Waals surface area contributed by atoms with Crippen molar-refractivity contribution in [3.8, 4) is 5.75 Å². The Morgan fingerprint density at radius 3 is 2.65 bits per heavy atom. The maximum atomic E-state index is 11.7. The van der Waals surface area contributed by atoms with Crippen molar-refractivity contribution in [3.63, 3.8) is 0 Å². The van der Waals surface area contributed by atoms with Crippen LogP contribution < -0.4 is 4.74 Å². The third kappa shape index (κ3) is 3.46. The van der Waals surface area contributed by atoms with E-state index in [4.69, 9.17) is 21.4 Å². The van der Waals surface area contributed by atoms with Gasteiger partial charge in [0.1, 0.15) is 11.3 Å². The SMILES string of the molecule is COc1ccc(C(=O)CCCCl)cc1C(=O)O. The van der Waals surface area contributed by atoms with E-state index in [1.807, 2.05) is 0 Å². The van der Waals surface area contributed by atoms with Crippen LogP contribution in [0.1, 0.15) is 33.6 Å². The number of benzene rings is 1. The quantitative estimate of drug-likeness (QED) is 0.628. The third-order valence-electron chi connectivity index (χ3n) is 2.29. The minimum atomic E-state index is -1.12. The first-order valence-corrected chi connectivity index (χ1v) is 5.64. The van der Waals surface area contributed by atoms with Crippen molar-refractivity contribution in [3.05, 3.63) is 29.3 Å². The van der Waals surface area contributed by atoms with Crippen LogP contribution in [0.25, 0.3) is 0 Å². The van der Waals surface area contributed by atoms with Gasteiger partial charge in [0, 0.05) is 17.9 Å². The van der Waals surface area contributed by atoms with E-state index in [9.17, 15) is 9.59 Å². The molecule has 0 bridgehead atoms. The van der Waals surface area contributed by atoms with Crippen molar-refractivity contribution in [2.75, 3.05) is 13.0 Å². The van der Waals surface area contributed by atoms with Gasteiger partial charge in [-0.2, -0.15) is 0 Å². The summed E-state index contributed by atoms with van der Waals surface area (Å²) in [6, 6.07) is 4.37. The van der Waals surface area contributed by atoms with Crippen LogP contribution in [0, 0.1) is 0 Å². The molecular weight excluding hydrogens is 244 g/mol. The molecule has 0 aliphatic rings. The van der Waals surface area contributed by atoms with Crippen LogP contribution in [-0.2, 0) is 0 Å². The molecule has 1 N–H and O–H groups in total. The monoisotopic (exact) mass is 256 g/mol. The van der Waals surface area contributed by atoms with E-state index in [-0.39, 0.29) is 17.1 Å². The largest absolute Gasteiger partial charge is 0.496 e. The lowest BCUT2D eigenvalue weighted by Crippen LogP contribution is -2.05. The molecule has 0 saturated carbocycles. The highest BCUT2D eigenvalue weighted by molar-refractivity contribution is 6.18. The van der Waals surface area contributed by atoms with Gasteiger partial charge in [0.2, 0.25) is 0 Å². The molecule has 0 atom stereocenters. The molecule has 0 amide bonds. The Labute approximate surface area is 104 Å². The molecule has 0 spiro atoms. The molecule has 0 aliphatic heterocycles. The first-order valence-electron chi connectivity index (χ1n) is 5.10. The number of halogens is 1. The van der Waals surface area contributed by atoms with Crippen LogP contribution in [0.5, 0.6) is 5.75 Å². The Morgan fingerprint density at radius 1 is 1.41 bits per heavy atom. The molecule has 0 radical (unpaired) electrons. The molecule has 1 aromatic rings. The zero-order valence-corrected chi connectivity index (χ0v) is 10.2. The number of hydrogen-bond donors (Lipinski definition) is 1. The Balaban J connectivity index is 2.99. The van der Waals surface area contributed by atoms with E-state index in [0.717, 1.165) is 0 Å². The number of aromatic carboxylic acids is 1. The second-order valence-corrected chi connectivity index (χ2v) is 3.81. The highest BCUT2D eigenvalue weighted by Crippen LogP contribution is 2.20. The normalized spacial score (nSPS) is 10.0. The van der Waals surface area contributed by atoms with Crippen LogP contribution in [-0.4, -0.2) is 29.8 Å². The molecule has 0 aromatic heterocycles. The van der Waals surface area contributed by atoms with Gasteiger partial charge in [0.15, 0.2) is 5.78 Å². The number of ether oxygens (including phenoxy) is 1. The summed E-state index contributed by atoms with van der Waals surface area (Å²) in [5, 5.41) is 8.97. The second-order valence-electron chi connectivity index (χ2n) is 3.44. The van der Waals surface area contributed by atoms with Crippen LogP contribution in [0.3, 0.4) is 0 Å². The van der Waals surface area contributed by atoms with Gasteiger partial charge in [0.05, 0.1) is 7.11 Å². The van der Waals surface area contributed by atoms with Gasteiger partial charge in [-0.25, -0.2) is 4.79 Å². The molecule has 0 saturated heterocycles. The summed E-state index contributed by atoms with van der Waals surface area (Å²) < 4.78 is 4.91. The molecule has 0 heterocycles. The number of carbonyl (C=O) groups excluding carboxylic acids is 1. The molecule has 5 heteroatoms. The van der Waals surface area contributed by atoms with Crippen molar-refractivity contribution in [2.45, 2.75) is 12.8 Å². The molecular formula is C12H13ClO4. The van der Waals surface area contributed by atoms with Crippen LogP contribution in [0.4, 0.5) is 0 Å². The summed E-state index contributed by atoms with van der Waals surface area (Å²) in [6.45, 7) is 0. The standard InChI is InChI=1S/C12H13ClO4/c1-17-11-5-4-8(7-9(11)12(15)16)10(14)3-2-6-13/h4-5,7H,2-3,6H2,1H3,(H,15,16). The Kier molecular flexibility index (Phi) is 4.97. The smallest absolute Gasteiger partial charge is 0.339 e. The maximum Gasteiger partial charge on any atom is 0.339 e. The molecule has 0 aliphatic carbocycles. The van der Waals surface area contributed by atoms with E-state index in [1.54, 1.807) is 6.07 Å². The van der Waals surface area contributed by atoms with Gasteiger partial charge in [0.25, 0.3) is 0 Å². The minimum absolute atomic E-state index is 0.00998. The fraction of sp³-hybridized carbons (Fsp3) is 0.333. The van der Waals surface area contributed by atoms with Crippen molar-refractivity contribution in [1.29, 1.82) is 0 Å². The van der Waals surface area contributed by atoms with Crippen LogP contribution in [0.2, 0.25) is 0 Å². The Hall–Kier alpha value is -1.55. The molecule has 1 rings (SSSR count). The van der Waals surface area contributed by atoms with E-state index in [2.05, 4.69) is 0 Å². The Morgan fingerprint density at radius 2 is 2.12 bits per heavy atom. The predicted octanol–water partition coefficient (Wildman–Crippen LogP) is 2.60. The van der Waals surface area contributed by atoms with Crippen LogP contribution >= 0.6 is 11.6 Å². The third-order valence-corrected chi connectivity index (χ3v) is 2.56. The average molecular weight is 257 g/mol. The minimum Gasteiger partial charge on any atom is -0.496 e. The number of alkyl halides is 1. The molecule has 0 unspecified atom stereocenters.